The van der Waals surface area contributed by atoms with E-state index in [0.717, 1.165) is 36.1 Å². The number of imide groups is 1. The quantitative estimate of drug-likeness (QED) is 0.472. The zero-order chi connectivity index (χ0) is 28.4. The van der Waals surface area contributed by atoms with Crippen molar-refractivity contribution in [2.45, 2.75) is 82.9 Å². The highest BCUT2D eigenvalue weighted by atomic mass is 35.5. The number of benzene rings is 1. The van der Waals surface area contributed by atoms with Crippen molar-refractivity contribution in [1.82, 2.24) is 9.88 Å². The lowest BCUT2D eigenvalue weighted by atomic mass is 9.77. The van der Waals surface area contributed by atoms with Crippen LogP contribution in [-0.2, 0) is 19.9 Å². The summed E-state index contributed by atoms with van der Waals surface area (Å²) in [7, 11) is 1.86. The minimum Gasteiger partial charge on any atom is -0.443 e. The predicted octanol–water partition coefficient (Wildman–Crippen LogP) is 5.67. The Labute approximate surface area is 235 Å². The van der Waals surface area contributed by atoms with Gasteiger partial charge in [0.15, 0.2) is 0 Å². The number of rotatable bonds is 7. The van der Waals surface area contributed by atoms with E-state index in [9.17, 15) is 14.4 Å². The zero-order valence-electron chi connectivity index (χ0n) is 23.2. The van der Waals surface area contributed by atoms with Crippen LogP contribution in [-0.4, -0.2) is 46.5 Å². The Hall–Kier alpha value is -2.97. The fourth-order valence-corrected chi connectivity index (χ4v) is 5.67. The Morgan fingerprint density at radius 1 is 1.05 bits per heavy atom. The summed E-state index contributed by atoms with van der Waals surface area (Å²) in [6.45, 7) is 5.31. The summed E-state index contributed by atoms with van der Waals surface area (Å²) in [5.41, 5.74) is 7.08. The maximum atomic E-state index is 13.5. The second-order valence-corrected chi connectivity index (χ2v) is 12.3. The molecule has 2 N–H and O–H groups in total. The second-order valence-electron chi connectivity index (χ2n) is 11.8. The molecule has 8 nitrogen and oxygen atoms in total. The average Bonchev–Trinajstić information content (AvgIpc) is 3.70. The van der Waals surface area contributed by atoms with Crippen LogP contribution >= 0.6 is 11.6 Å². The van der Waals surface area contributed by atoms with E-state index in [1.807, 2.05) is 36.2 Å². The van der Waals surface area contributed by atoms with Crippen LogP contribution < -0.4 is 10.6 Å². The van der Waals surface area contributed by atoms with E-state index >= 15 is 0 Å². The zero-order valence-corrected chi connectivity index (χ0v) is 24.0. The maximum absolute atomic E-state index is 13.5. The molecule has 2 aromatic rings. The summed E-state index contributed by atoms with van der Waals surface area (Å²) in [5, 5.41) is 0.676. The standard InChI is InChI=1S/C30H39ClN4O4/c1-29(2,3)39-28(38)35(24-13-17-33-18-14-24)27(37)21-7-5-20(6-8-21)25(32)19-26(36)34(4)30(15-16-30)22-9-11-23(31)12-10-22/h9-14,17-18,20-21,25H,5-8,15-16,19,32H2,1-4H3/t20-,21-,25?. The number of pyridine rings is 1. The van der Waals surface area contributed by atoms with Crippen LogP contribution in [0.2, 0.25) is 5.02 Å². The Morgan fingerprint density at radius 2 is 1.64 bits per heavy atom. The summed E-state index contributed by atoms with van der Waals surface area (Å²) >= 11 is 6.05. The smallest absolute Gasteiger partial charge is 0.421 e. The third kappa shape index (κ3) is 6.79. The Kier molecular flexibility index (Phi) is 8.66. The SMILES string of the molecule is CN(C(=O)CC(N)[C@H]1CC[C@H](C(=O)N(C(=O)OC(C)(C)C)c2ccncc2)CC1)C1(c2ccc(Cl)cc2)CC1. The molecule has 2 aliphatic carbocycles. The average molecular weight is 555 g/mol. The van der Waals surface area contributed by atoms with Gasteiger partial charge in [-0.2, -0.15) is 0 Å². The number of nitrogens with zero attached hydrogens (tertiary/aromatic N) is 3. The van der Waals surface area contributed by atoms with Gasteiger partial charge in [-0.15, -0.1) is 0 Å². The van der Waals surface area contributed by atoms with Gasteiger partial charge in [-0.3, -0.25) is 14.6 Å². The molecule has 2 aliphatic rings. The molecule has 2 fully saturated rings. The predicted molar refractivity (Wildman–Crippen MR) is 151 cm³/mol. The van der Waals surface area contributed by atoms with E-state index in [0.29, 0.717) is 23.6 Å². The first-order valence-electron chi connectivity index (χ1n) is 13.7. The molecule has 2 saturated carbocycles. The van der Waals surface area contributed by atoms with Crippen molar-refractivity contribution in [2.75, 3.05) is 11.9 Å². The number of hydrogen-bond acceptors (Lipinski definition) is 6. The molecule has 1 atom stereocenters. The van der Waals surface area contributed by atoms with Gasteiger partial charge in [0.25, 0.3) is 0 Å². The van der Waals surface area contributed by atoms with Crippen LogP contribution in [0.5, 0.6) is 0 Å². The number of carbonyl (C=O) groups is 3. The van der Waals surface area contributed by atoms with Crippen LogP contribution in [0.3, 0.4) is 0 Å². The first-order valence-corrected chi connectivity index (χ1v) is 14.0. The molecule has 1 heterocycles. The van der Waals surface area contributed by atoms with Gasteiger partial charge >= 0.3 is 6.09 Å². The van der Waals surface area contributed by atoms with Crippen molar-refractivity contribution < 1.29 is 19.1 Å². The summed E-state index contributed by atoms with van der Waals surface area (Å²) in [4.78, 5) is 46.8. The molecule has 210 valence electrons. The van der Waals surface area contributed by atoms with Crippen molar-refractivity contribution in [3.63, 3.8) is 0 Å². The summed E-state index contributed by atoms with van der Waals surface area (Å²) in [6, 6.07) is 10.7. The van der Waals surface area contributed by atoms with Gasteiger partial charge in [0.05, 0.1) is 11.2 Å². The first kappa shape index (κ1) is 29.0. The minimum absolute atomic E-state index is 0.0296. The second kappa shape index (κ2) is 11.6. The monoisotopic (exact) mass is 554 g/mol. The number of amides is 3. The minimum atomic E-state index is -0.737. The lowest BCUT2D eigenvalue weighted by Crippen LogP contribution is -2.46. The summed E-state index contributed by atoms with van der Waals surface area (Å²) in [5.74, 6) is -0.445. The number of nitrogens with two attached hydrogens (primary N) is 1. The van der Waals surface area contributed by atoms with Crippen LogP contribution in [0.1, 0.15) is 71.3 Å². The topological polar surface area (TPSA) is 106 Å². The Balaban J connectivity index is 1.35. The molecule has 0 bridgehead atoms. The molecule has 39 heavy (non-hydrogen) atoms. The van der Waals surface area contributed by atoms with Crippen molar-refractivity contribution in [3.8, 4) is 0 Å². The van der Waals surface area contributed by atoms with E-state index in [-0.39, 0.29) is 41.7 Å². The number of anilines is 1. The Morgan fingerprint density at radius 3 is 2.18 bits per heavy atom. The lowest BCUT2D eigenvalue weighted by molar-refractivity contribution is -0.134. The molecular formula is C30H39ClN4O4. The largest absolute Gasteiger partial charge is 0.443 e. The fraction of sp³-hybridized carbons (Fsp3) is 0.533. The van der Waals surface area contributed by atoms with Gasteiger partial charge in [-0.1, -0.05) is 23.7 Å². The van der Waals surface area contributed by atoms with Crippen molar-refractivity contribution in [2.24, 2.45) is 17.6 Å². The molecule has 3 amide bonds. The number of halogens is 1. The number of carbonyl (C=O) groups excluding carboxylic acids is 3. The van der Waals surface area contributed by atoms with E-state index < -0.39 is 11.7 Å². The van der Waals surface area contributed by atoms with Gasteiger partial charge in [-0.05, 0) is 95.0 Å². The van der Waals surface area contributed by atoms with Gasteiger partial charge in [-0.25, -0.2) is 9.69 Å². The molecule has 0 spiro atoms. The van der Waals surface area contributed by atoms with E-state index in [1.165, 1.54) is 0 Å². The third-order valence-electron chi connectivity index (χ3n) is 7.98. The maximum Gasteiger partial charge on any atom is 0.421 e. The lowest BCUT2D eigenvalue weighted by Gasteiger charge is -2.35. The number of hydrogen-bond donors (Lipinski definition) is 1. The third-order valence-corrected chi connectivity index (χ3v) is 8.23. The van der Waals surface area contributed by atoms with Gasteiger partial charge in [0, 0.05) is 42.8 Å². The molecular weight excluding hydrogens is 516 g/mol. The van der Waals surface area contributed by atoms with Crippen molar-refractivity contribution in [1.29, 1.82) is 0 Å². The Bertz CT molecular complexity index is 1170. The number of aromatic nitrogens is 1. The molecule has 0 radical (unpaired) electrons. The van der Waals surface area contributed by atoms with Crippen LogP contribution in [0.4, 0.5) is 10.5 Å². The highest BCUT2D eigenvalue weighted by Gasteiger charge is 2.50. The first-order chi connectivity index (χ1) is 18.4. The highest BCUT2D eigenvalue weighted by molar-refractivity contribution is 6.30. The highest BCUT2D eigenvalue weighted by Crippen LogP contribution is 2.50. The number of ether oxygens (including phenoxy) is 1. The molecule has 1 unspecified atom stereocenters. The van der Waals surface area contributed by atoms with Crippen molar-refractivity contribution in [3.05, 3.63) is 59.4 Å². The summed E-state index contributed by atoms with van der Waals surface area (Å²) < 4.78 is 5.54. The van der Waals surface area contributed by atoms with Gasteiger partial charge in [0.2, 0.25) is 11.8 Å². The van der Waals surface area contributed by atoms with Gasteiger partial charge in [0.1, 0.15) is 5.60 Å². The molecule has 4 rings (SSSR count). The van der Waals surface area contributed by atoms with Gasteiger partial charge < -0.3 is 15.4 Å². The van der Waals surface area contributed by atoms with Crippen LogP contribution in [0.15, 0.2) is 48.8 Å². The normalized spacial score (nSPS) is 21.0. The van der Waals surface area contributed by atoms with Crippen LogP contribution in [0.25, 0.3) is 0 Å². The van der Waals surface area contributed by atoms with E-state index in [2.05, 4.69) is 4.98 Å². The fourth-order valence-electron chi connectivity index (χ4n) is 5.54. The molecule has 1 aromatic heterocycles. The van der Waals surface area contributed by atoms with Crippen molar-refractivity contribution >= 4 is 35.2 Å². The van der Waals surface area contributed by atoms with E-state index in [1.54, 1.807) is 45.3 Å². The summed E-state index contributed by atoms with van der Waals surface area (Å²) in [6.07, 6.45) is 7.13. The van der Waals surface area contributed by atoms with Crippen LogP contribution in [0, 0.1) is 11.8 Å². The molecule has 1 aromatic carbocycles. The molecule has 9 heteroatoms. The molecule has 0 saturated heterocycles. The van der Waals surface area contributed by atoms with E-state index in [4.69, 9.17) is 22.1 Å². The molecule has 0 aliphatic heterocycles.